The molecule has 3 N–H and O–H groups in total. The molecule has 0 saturated heterocycles. The molecule has 0 aromatic rings. The van der Waals surface area contributed by atoms with Gasteiger partial charge in [-0.05, 0) is 20.3 Å². The summed E-state index contributed by atoms with van der Waals surface area (Å²) < 4.78 is 0. The van der Waals surface area contributed by atoms with E-state index in [0.717, 1.165) is 0 Å². The van der Waals surface area contributed by atoms with Gasteiger partial charge >= 0.3 is 12.0 Å². The second-order valence-electron chi connectivity index (χ2n) is 4.46. The largest absolute Gasteiger partial charge is 0.480 e. The van der Waals surface area contributed by atoms with Crippen LogP contribution in [0.5, 0.6) is 0 Å². The number of aliphatic hydroxyl groups excluding tert-OH is 1. The lowest BCUT2D eigenvalue weighted by atomic mass is 9.96. The second kappa shape index (κ2) is 6.44. The van der Waals surface area contributed by atoms with Crippen LogP contribution in [0.15, 0.2) is 0 Å². The van der Waals surface area contributed by atoms with Gasteiger partial charge in [-0.25, -0.2) is 9.59 Å². The van der Waals surface area contributed by atoms with E-state index < -0.39 is 17.5 Å². The normalized spacial score (nSPS) is 15.8. The molecular weight excluding hydrogens is 224 g/mol. The molecule has 0 aromatic carbocycles. The van der Waals surface area contributed by atoms with E-state index in [-0.39, 0.29) is 12.6 Å². The van der Waals surface area contributed by atoms with Crippen molar-refractivity contribution in [3.8, 4) is 0 Å². The number of carbonyl (C=O) groups excluding carboxylic acids is 1. The molecule has 0 bridgehead atoms. The molecule has 0 radical (unpaired) electrons. The minimum Gasteiger partial charge on any atom is -0.480 e. The molecule has 6 heteroatoms. The number of likely N-dealkylation sites (N-methyl/N-ethyl adjacent to an activating group) is 1. The third kappa shape index (κ3) is 4.22. The van der Waals surface area contributed by atoms with Gasteiger partial charge in [0.05, 0.1) is 12.6 Å². The number of amides is 2. The van der Waals surface area contributed by atoms with Gasteiger partial charge < -0.3 is 20.4 Å². The maximum Gasteiger partial charge on any atom is 0.329 e. The third-order valence-corrected chi connectivity index (χ3v) is 2.85. The van der Waals surface area contributed by atoms with E-state index in [9.17, 15) is 9.59 Å². The van der Waals surface area contributed by atoms with Gasteiger partial charge in [0.1, 0.15) is 5.54 Å². The molecule has 0 aliphatic rings. The van der Waals surface area contributed by atoms with E-state index in [4.69, 9.17) is 10.2 Å². The maximum absolute atomic E-state index is 11.8. The summed E-state index contributed by atoms with van der Waals surface area (Å²) in [5, 5.41) is 20.5. The van der Waals surface area contributed by atoms with E-state index in [1.165, 1.54) is 18.9 Å². The first-order valence-electron chi connectivity index (χ1n) is 5.67. The van der Waals surface area contributed by atoms with Crippen molar-refractivity contribution < 1.29 is 19.8 Å². The van der Waals surface area contributed by atoms with Crippen LogP contribution in [-0.4, -0.2) is 52.3 Å². The summed E-state index contributed by atoms with van der Waals surface area (Å²) in [6.45, 7) is 4.85. The molecule has 0 aromatic heterocycles. The van der Waals surface area contributed by atoms with Crippen molar-refractivity contribution in [2.45, 2.75) is 45.2 Å². The summed E-state index contributed by atoms with van der Waals surface area (Å²) >= 11 is 0. The number of hydrogen-bond acceptors (Lipinski definition) is 3. The van der Waals surface area contributed by atoms with Gasteiger partial charge in [-0.2, -0.15) is 0 Å². The molecule has 2 atom stereocenters. The molecule has 0 aliphatic carbocycles. The van der Waals surface area contributed by atoms with Gasteiger partial charge in [-0.3, -0.25) is 0 Å². The fraction of sp³-hybridized carbons (Fsp3) is 0.818. The lowest BCUT2D eigenvalue weighted by Gasteiger charge is -2.31. The number of hydrogen-bond donors (Lipinski definition) is 3. The van der Waals surface area contributed by atoms with Gasteiger partial charge in [0.25, 0.3) is 0 Å². The fourth-order valence-electron chi connectivity index (χ4n) is 1.37. The number of nitrogens with zero attached hydrogens (tertiary/aromatic N) is 1. The van der Waals surface area contributed by atoms with Crippen LogP contribution in [0.2, 0.25) is 0 Å². The van der Waals surface area contributed by atoms with E-state index in [0.29, 0.717) is 12.8 Å². The van der Waals surface area contributed by atoms with E-state index in [2.05, 4.69) is 5.32 Å². The molecule has 0 saturated carbocycles. The number of carboxylic acids is 1. The zero-order chi connectivity index (χ0) is 13.6. The molecule has 6 nitrogen and oxygen atoms in total. The highest BCUT2D eigenvalue weighted by atomic mass is 16.4. The maximum atomic E-state index is 11.8. The van der Waals surface area contributed by atoms with Crippen LogP contribution < -0.4 is 5.32 Å². The number of aliphatic hydroxyl groups is 1. The first-order valence-corrected chi connectivity index (χ1v) is 5.67. The summed E-state index contributed by atoms with van der Waals surface area (Å²) in [5.41, 5.74) is -1.27. The highest BCUT2D eigenvalue weighted by Crippen LogP contribution is 2.13. The molecule has 0 fully saturated rings. The summed E-state index contributed by atoms with van der Waals surface area (Å²) in [5.74, 6) is -1.06. The highest BCUT2D eigenvalue weighted by molar-refractivity contribution is 5.85. The van der Waals surface area contributed by atoms with Gasteiger partial charge in [0, 0.05) is 7.05 Å². The van der Waals surface area contributed by atoms with Crippen LogP contribution >= 0.6 is 0 Å². The van der Waals surface area contributed by atoms with Crippen LogP contribution in [0.4, 0.5) is 4.79 Å². The fourth-order valence-corrected chi connectivity index (χ4v) is 1.37. The Morgan fingerprint density at radius 1 is 1.47 bits per heavy atom. The van der Waals surface area contributed by atoms with Gasteiger partial charge in [-0.15, -0.1) is 0 Å². The SMILES string of the molecule is CCCC(C)(NC(=O)N(C)C(C)CO)C(=O)O. The molecule has 0 spiro atoms. The number of rotatable bonds is 6. The average Bonchev–Trinajstić information content (AvgIpc) is 2.26. The Hall–Kier alpha value is -1.30. The standard InChI is InChI=1S/C11H22N2O4/c1-5-6-11(3,9(15)16)12-10(17)13(4)8(2)7-14/h8,14H,5-7H2,1-4H3,(H,12,17)(H,15,16). The molecule has 0 heterocycles. The Kier molecular flexibility index (Phi) is 5.95. The topological polar surface area (TPSA) is 89.9 Å². The lowest BCUT2D eigenvalue weighted by Crippen LogP contribution is -2.57. The van der Waals surface area contributed by atoms with Gasteiger partial charge in [0.2, 0.25) is 0 Å². The van der Waals surface area contributed by atoms with Crippen molar-refractivity contribution in [3.63, 3.8) is 0 Å². The number of carbonyl (C=O) groups is 2. The van der Waals surface area contributed by atoms with Gasteiger partial charge in [-0.1, -0.05) is 13.3 Å². The van der Waals surface area contributed by atoms with Crippen molar-refractivity contribution in [3.05, 3.63) is 0 Å². The van der Waals surface area contributed by atoms with E-state index >= 15 is 0 Å². The Bertz CT molecular complexity index is 283. The Morgan fingerprint density at radius 2 is 2.00 bits per heavy atom. The van der Waals surface area contributed by atoms with Crippen LogP contribution in [0.25, 0.3) is 0 Å². The Labute approximate surface area is 102 Å². The van der Waals surface area contributed by atoms with Crippen molar-refractivity contribution in [1.29, 1.82) is 0 Å². The van der Waals surface area contributed by atoms with E-state index in [1.807, 2.05) is 6.92 Å². The van der Waals surface area contributed by atoms with Crippen LogP contribution in [0.3, 0.4) is 0 Å². The van der Waals surface area contributed by atoms with Crippen LogP contribution in [-0.2, 0) is 4.79 Å². The lowest BCUT2D eigenvalue weighted by molar-refractivity contribution is -0.144. The number of nitrogens with one attached hydrogen (secondary N) is 1. The first-order chi connectivity index (χ1) is 7.78. The zero-order valence-electron chi connectivity index (χ0n) is 10.9. The quantitative estimate of drug-likeness (QED) is 0.642. The summed E-state index contributed by atoms with van der Waals surface area (Å²) in [6.07, 6.45) is 1.01. The Balaban J connectivity index is 4.67. The van der Waals surface area contributed by atoms with E-state index in [1.54, 1.807) is 6.92 Å². The van der Waals surface area contributed by atoms with Crippen molar-refractivity contribution >= 4 is 12.0 Å². The third-order valence-electron chi connectivity index (χ3n) is 2.85. The number of aliphatic carboxylic acids is 1. The average molecular weight is 246 g/mol. The molecule has 0 aliphatic heterocycles. The predicted molar refractivity (Wildman–Crippen MR) is 63.8 cm³/mol. The predicted octanol–water partition coefficient (Wildman–Crippen LogP) is 0.652. The van der Waals surface area contributed by atoms with Crippen molar-refractivity contribution in [1.82, 2.24) is 10.2 Å². The minimum atomic E-state index is -1.27. The number of carboxylic acid groups (broad SMARTS) is 1. The smallest absolute Gasteiger partial charge is 0.329 e. The molecule has 2 unspecified atom stereocenters. The Morgan fingerprint density at radius 3 is 2.35 bits per heavy atom. The van der Waals surface area contributed by atoms with Crippen molar-refractivity contribution in [2.75, 3.05) is 13.7 Å². The van der Waals surface area contributed by atoms with Gasteiger partial charge in [0.15, 0.2) is 0 Å². The van der Waals surface area contributed by atoms with Crippen LogP contribution in [0.1, 0.15) is 33.6 Å². The van der Waals surface area contributed by atoms with Crippen molar-refractivity contribution in [2.24, 2.45) is 0 Å². The zero-order valence-corrected chi connectivity index (χ0v) is 10.9. The highest BCUT2D eigenvalue weighted by Gasteiger charge is 2.35. The first kappa shape index (κ1) is 15.7. The van der Waals surface area contributed by atoms with Crippen LogP contribution in [0, 0.1) is 0 Å². The second-order valence-corrected chi connectivity index (χ2v) is 4.46. The molecule has 100 valence electrons. The molecule has 0 rings (SSSR count). The molecule has 2 amide bonds. The monoisotopic (exact) mass is 246 g/mol. The summed E-state index contributed by atoms with van der Waals surface area (Å²) in [6, 6.07) is -0.848. The molecule has 17 heavy (non-hydrogen) atoms. The summed E-state index contributed by atoms with van der Waals surface area (Å²) in [7, 11) is 1.52. The number of urea groups is 1. The summed E-state index contributed by atoms with van der Waals surface area (Å²) in [4.78, 5) is 24.2. The minimum absolute atomic E-state index is 0.165. The molecular formula is C11H22N2O4.